The van der Waals surface area contributed by atoms with E-state index in [1.807, 2.05) is 35.7 Å². The van der Waals surface area contributed by atoms with Crippen LogP contribution < -0.4 is 15.4 Å². The Kier molecular flexibility index (Phi) is 4.89. The lowest BCUT2D eigenvalue weighted by Gasteiger charge is -2.33. The lowest BCUT2D eigenvalue weighted by atomic mass is 10.1. The third kappa shape index (κ3) is 3.90. The number of fused-ring (bicyclic) bond motifs is 1. The Hall–Kier alpha value is -3.46. The van der Waals surface area contributed by atoms with Crippen LogP contribution in [-0.4, -0.2) is 33.0 Å². The molecule has 3 heterocycles. The van der Waals surface area contributed by atoms with Gasteiger partial charge in [0.2, 0.25) is 0 Å². The van der Waals surface area contributed by atoms with Crippen LogP contribution in [0, 0.1) is 0 Å². The van der Waals surface area contributed by atoms with Crippen LogP contribution in [0.4, 0.5) is 14.5 Å². The van der Waals surface area contributed by atoms with Gasteiger partial charge in [-0.1, -0.05) is 6.07 Å². The number of aliphatic hydroxyl groups excluding tert-OH is 1. The number of pyridine rings is 1. The topological polar surface area (TPSA) is 83.2 Å². The summed E-state index contributed by atoms with van der Waals surface area (Å²) < 4.78 is 30.9. The molecule has 0 fully saturated rings. The van der Waals surface area contributed by atoms with Crippen LogP contribution in [0.3, 0.4) is 0 Å². The molecular formula is C20H19F2N5O2. The molecule has 4 rings (SSSR count). The van der Waals surface area contributed by atoms with E-state index in [1.165, 1.54) is 12.1 Å². The first-order chi connectivity index (χ1) is 14.0. The summed E-state index contributed by atoms with van der Waals surface area (Å²) in [4.78, 5) is 8.80. The molecule has 29 heavy (non-hydrogen) atoms. The van der Waals surface area contributed by atoms with Gasteiger partial charge >= 0.3 is 6.61 Å². The van der Waals surface area contributed by atoms with E-state index in [2.05, 4.69) is 25.3 Å². The van der Waals surface area contributed by atoms with E-state index in [0.717, 1.165) is 0 Å². The Morgan fingerprint density at radius 3 is 2.76 bits per heavy atom. The lowest BCUT2D eigenvalue weighted by molar-refractivity contribution is -0.0498. The Morgan fingerprint density at radius 1 is 1.24 bits per heavy atom. The van der Waals surface area contributed by atoms with Gasteiger partial charge in [-0.15, -0.1) is 0 Å². The normalized spacial score (nSPS) is 18.6. The molecule has 0 spiro atoms. The third-order valence-electron chi connectivity index (χ3n) is 4.42. The maximum absolute atomic E-state index is 12.3. The van der Waals surface area contributed by atoms with Crippen molar-refractivity contribution in [3.05, 3.63) is 66.2 Å². The molecule has 1 unspecified atom stereocenters. The van der Waals surface area contributed by atoms with Crippen LogP contribution in [0.25, 0.3) is 11.3 Å². The number of benzene rings is 1. The number of aromatic nitrogens is 2. The summed E-state index contributed by atoms with van der Waals surface area (Å²) in [6.45, 7) is -1.19. The highest BCUT2D eigenvalue weighted by molar-refractivity contribution is 5.82. The van der Waals surface area contributed by atoms with Gasteiger partial charge in [0.05, 0.1) is 29.9 Å². The van der Waals surface area contributed by atoms with Gasteiger partial charge < -0.3 is 20.5 Å². The molecule has 0 bridgehead atoms. The van der Waals surface area contributed by atoms with Crippen molar-refractivity contribution < 1.29 is 18.6 Å². The SMILES string of the molecule is CC1(Nc2ccc(OC(F)F)cc2)C=NC=C(c2c(CO)nc3ccccn23)N1. The standard InChI is InChI=1S/C20H19F2N5O2/c1-20(25-13-5-7-14(8-6-13)29-19(21)22)12-23-10-15(26-20)18-16(11-28)24-17-4-2-3-9-27(17)18/h2-10,12,19,25-26,28H,11H2,1H3. The quantitative estimate of drug-likeness (QED) is 0.593. The van der Waals surface area contributed by atoms with E-state index in [4.69, 9.17) is 0 Å². The van der Waals surface area contributed by atoms with E-state index in [1.54, 1.807) is 24.5 Å². The van der Waals surface area contributed by atoms with Crippen molar-refractivity contribution in [1.82, 2.24) is 14.7 Å². The molecule has 0 saturated carbocycles. The number of hydrogen-bond donors (Lipinski definition) is 3. The van der Waals surface area contributed by atoms with Crippen LogP contribution >= 0.6 is 0 Å². The zero-order valence-corrected chi connectivity index (χ0v) is 15.5. The Bertz CT molecular complexity index is 1080. The van der Waals surface area contributed by atoms with Gasteiger partial charge in [-0.05, 0) is 43.3 Å². The summed E-state index contributed by atoms with van der Waals surface area (Å²) in [6.07, 6.45) is 5.23. The molecule has 3 aromatic rings. The van der Waals surface area contributed by atoms with E-state index >= 15 is 0 Å². The van der Waals surface area contributed by atoms with Crippen molar-refractivity contribution >= 4 is 23.2 Å². The summed E-state index contributed by atoms with van der Waals surface area (Å²) in [6, 6.07) is 11.8. The average molecular weight is 399 g/mol. The molecule has 9 heteroatoms. The zero-order chi connectivity index (χ0) is 20.4. The number of hydrogen-bond acceptors (Lipinski definition) is 6. The minimum atomic E-state index is -2.86. The van der Waals surface area contributed by atoms with Gasteiger partial charge in [0.1, 0.15) is 17.1 Å². The minimum absolute atomic E-state index is 0.0832. The fourth-order valence-electron chi connectivity index (χ4n) is 3.25. The Morgan fingerprint density at radius 2 is 2.03 bits per heavy atom. The molecule has 0 aliphatic carbocycles. The number of nitrogens with zero attached hydrogens (tertiary/aromatic N) is 3. The number of alkyl halides is 2. The molecule has 1 aromatic carbocycles. The predicted octanol–water partition coefficient (Wildman–Crippen LogP) is 3.23. The summed E-state index contributed by atoms with van der Waals surface area (Å²) in [5, 5.41) is 16.4. The Balaban J connectivity index is 1.58. The number of nitrogens with one attached hydrogen (secondary N) is 2. The number of anilines is 1. The first-order valence-corrected chi connectivity index (χ1v) is 8.90. The molecule has 1 aliphatic heterocycles. The van der Waals surface area contributed by atoms with Crippen LogP contribution in [0.1, 0.15) is 18.3 Å². The van der Waals surface area contributed by atoms with E-state index in [-0.39, 0.29) is 12.4 Å². The highest BCUT2D eigenvalue weighted by atomic mass is 19.3. The van der Waals surface area contributed by atoms with Crippen LogP contribution in [-0.2, 0) is 6.61 Å². The molecule has 150 valence electrons. The number of aliphatic imine (C=N–C) groups is 1. The average Bonchev–Trinajstić information content (AvgIpc) is 3.07. The number of aliphatic hydroxyl groups is 1. The largest absolute Gasteiger partial charge is 0.435 e. The van der Waals surface area contributed by atoms with E-state index in [0.29, 0.717) is 28.4 Å². The van der Waals surface area contributed by atoms with Crippen molar-refractivity contribution in [2.24, 2.45) is 4.99 Å². The van der Waals surface area contributed by atoms with Crippen molar-refractivity contribution in [3.8, 4) is 5.75 Å². The monoisotopic (exact) mass is 399 g/mol. The fourth-order valence-corrected chi connectivity index (χ4v) is 3.25. The summed E-state index contributed by atoms with van der Waals surface area (Å²) in [5.74, 6) is 0.0832. The number of imidazole rings is 1. The number of ether oxygens (including phenoxy) is 1. The van der Waals surface area contributed by atoms with Gasteiger partial charge in [0.15, 0.2) is 0 Å². The summed E-state index contributed by atoms with van der Waals surface area (Å²) >= 11 is 0. The second kappa shape index (κ2) is 7.51. The van der Waals surface area contributed by atoms with E-state index in [9.17, 15) is 13.9 Å². The maximum atomic E-state index is 12.3. The number of halogens is 2. The molecule has 0 amide bonds. The lowest BCUT2D eigenvalue weighted by Crippen LogP contribution is -2.51. The molecule has 1 atom stereocenters. The molecule has 0 radical (unpaired) electrons. The Labute approximate surface area is 165 Å². The van der Waals surface area contributed by atoms with Crippen molar-refractivity contribution in [2.45, 2.75) is 25.8 Å². The van der Waals surface area contributed by atoms with Crippen LogP contribution in [0.15, 0.2) is 59.9 Å². The van der Waals surface area contributed by atoms with Crippen LogP contribution in [0.5, 0.6) is 5.75 Å². The molecular weight excluding hydrogens is 380 g/mol. The molecule has 2 aromatic heterocycles. The van der Waals surface area contributed by atoms with Crippen molar-refractivity contribution in [3.63, 3.8) is 0 Å². The minimum Gasteiger partial charge on any atom is -0.435 e. The van der Waals surface area contributed by atoms with E-state index < -0.39 is 12.3 Å². The predicted molar refractivity (Wildman–Crippen MR) is 106 cm³/mol. The molecule has 0 saturated heterocycles. The van der Waals surface area contributed by atoms with Gasteiger partial charge in [0, 0.05) is 18.1 Å². The second-order valence-corrected chi connectivity index (χ2v) is 6.67. The summed E-state index contributed by atoms with van der Waals surface area (Å²) in [5.41, 5.74) is 2.57. The van der Waals surface area contributed by atoms with Crippen molar-refractivity contribution in [2.75, 3.05) is 5.32 Å². The molecule has 1 aliphatic rings. The first kappa shape index (κ1) is 18.9. The highest BCUT2D eigenvalue weighted by Crippen LogP contribution is 2.26. The highest BCUT2D eigenvalue weighted by Gasteiger charge is 2.28. The summed E-state index contributed by atoms with van der Waals surface area (Å²) in [7, 11) is 0. The van der Waals surface area contributed by atoms with Crippen molar-refractivity contribution in [1.29, 1.82) is 0 Å². The number of rotatable bonds is 6. The first-order valence-electron chi connectivity index (χ1n) is 8.90. The van der Waals surface area contributed by atoms with Crippen LogP contribution in [0.2, 0.25) is 0 Å². The zero-order valence-electron chi connectivity index (χ0n) is 15.5. The fraction of sp³-hybridized carbons (Fsp3) is 0.200. The molecule has 3 N–H and O–H groups in total. The third-order valence-corrected chi connectivity index (χ3v) is 4.42. The van der Waals surface area contributed by atoms with Gasteiger partial charge in [0.25, 0.3) is 0 Å². The smallest absolute Gasteiger partial charge is 0.387 e. The maximum Gasteiger partial charge on any atom is 0.387 e. The van der Waals surface area contributed by atoms with Gasteiger partial charge in [-0.3, -0.25) is 9.39 Å². The van der Waals surface area contributed by atoms with Gasteiger partial charge in [-0.25, -0.2) is 4.98 Å². The molecule has 7 nitrogen and oxygen atoms in total. The van der Waals surface area contributed by atoms with Gasteiger partial charge in [-0.2, -0.15) is 8.78 Å². The second-order valence-electron chi connectivity index (χ2n) is 6.67.